The van der Waals surface area contributed by atoms with Crippen molar-refractivity contribution in [3.63, 3.8) is 0 Å². The Kier molecular flexibility index (Phi) is 14.8. The average Bonchev–Trinajstić information content (AvgIpc) is 3.75. The van der Waals surface area contributed by atoms with E-state index in [1.165, 1.54) is 62.9 Å². The van der Waals surface area contributed by atoms with Gasteiger partial charge in [0.15, 0.2) is 0 Å². The van der Waals surface area contributed by atoms with E-state index in [2.05, 4.69) is 74.3 Å². The van der Waals surface area contributed by atoms with Crippen molar-refractivity contribution in [1.29, 1.82) is 0 Å². The second-order valence-electron chi connectivity index (χ2n) is 11.7. The number of hydrogen-bond acceptors (Lipinski definition) is 10. The minimum atomic E-state index is -1.82. The summed E-state index contributed by atoms with van der Waals surface area (Å²) in [5, 5.41) is 40.9. The molecule has 2 aliphatic rings. The first kappa shape index (κ1) is 39.2. The Bertz CT molecular complexity index is 1770. The maximum absolute atomic E-state index is 10.2. The second kappa shape index (κ2) is 19.2. The van der Waals surface area contributed by atoms with E-state index in [9.17, 15) is 5.11 Å². The summed E-state index contributed by atoms with van der Waals surface area (Å²) in [7, 11) is 0. The predicted octanol–water partition coefficient (Wildman–Crippen LogP) is 5.25. The largest absolute Gasteiger partial charge is 0.508 e. The second-order valence-corrected chi connectivity index (χ2v) is 13.6. The van der Waals surface area contributed by atoms with Gasteiger partial charge in [-0.2, -0.15) is 0 Å². The number of aromatic hydroxyl groups is 1. The Morgan fingerprint density at radius 1 is 0.784 bits per heavy atom. The van der Waals surface area contributed by atoms with Crippen LogP contribution in [-0.4, -0.2) is 112 Å². The van der Waals surface area contributed by atoms with Gasteiger partial charge in [0, 0.05) is 40.2 Å². The number of carbonyl (C=O) groups is 4. The van der Waals surface area contributed by atoms with Crippen LogP contribution in [0.2, 0.25) is 0 Å². The molecule has 3 aromatic carbocycles. The highest BCUT2D eigenvalue weighted by atomic mass is 79.9. The van der Waals surface area contributed by atoms with E-state index in [4.69, 9.17) is 49.1 Å². The maximum atomic E-state index is 10.2. The maximum Gasteiger partial charge on any atom is 0.414 e. The van der Waals surface area contributed by atoms with E-state index in [0.717, 1.165) is 56.3 Å². The number of fused-ring (bicyclic) bond motifs is 1. The molecule has 0 radical (unpaired) electrons. The molecule has 2 saturated heterocycles. The number of rotatable bonds is 9. The zero-order valence-electron chi connectivity index (χ0n) is 27.6. The number of likely N-dealkylation sites (tertiary alicyclic amines) is 1. The van der Waals surface area contributed by atoms with Gasteiger partial charge < -0.3 is 35.0 Å². The fourth-order valence-electron chi connectivity index (χ4n) is 5.58. The van der Waals surface area contributed by atoms with Crippen molar-refractivity contribution in [2.75, 3.05) is 52.5 Å². The molecule has 0 saturated carbocycles. The number of morpholine rings is 1. The van der Waals surface area contributed by atoms with E-state index in [0.29, 0.717) is 12.4 Å². The van der Waals surface area contributed by atoms with Gasteiger partial charge in [-0.1, -0.05) is 28.1 Å². The predicted molar refractivity (Wildman–Crippen MR) is 194 cm³/mol. The number of hydrogen-bond donors (Lipinski definition) is 5. The van der Waals surface area contributed by atoms with Gasteiger partial charge in [0.2, 0.25) is 0 Å². The van der Waals surface area contributed by atoms with E-state index in [1.807, 2.05) is 6.07 Å². The van der Waals surface area contributed by atoms with Gasteiger partial charge in [-0.05, 0) is 109 Å². The number of thiophene rings is 1. The van der Waals surface area contributed by atoms with Crippen LogP contribution in [0.5, 0.6) is 11.5 Å². The molecule has 13 nitrogen and oxygen atoms in total. The van der Waals surface area contributed by atoms with Crippen LogP contribution in [0.15, 0.2) is 65.1 Å². The Balaban J connectivity index is 0.000000420. The molecule has 5 N–H and O–H groups in total. The molecule has 1 aromatic heterocycles. The normalized spacial score (nSPS) is 14.5. The van der Waals surface area contributed by atoms with Crippen molar-refractivity contribution in [3.8, 4) is 21.9 Å². The lowest BCUT2D eigenvalue weighted by Gasteiger charge is -2.26. The summed E-state index contributed by atoms with van der Waals surface area (Å²) in [6.07, 6.45) is 3.45. The van der Waals surface area contributed by atoms with Crippen molar-refractivity contribution >= 4 is 61.2 Å². The fourth-order valence-corrected chi connectivity index (χ4v) is 7.39. The van der Waals surface area contributed by atoms with Crippen molar-refractivity contribution in [2.45, 2.75) is 25.8 Å². The third-order valence-corrected chi connectivity index (χ3v) is 10.1. The lowest BCUT2D eigenvalue weighted by atomic mass is 9.98. The van der Waals surface area contributed by atoms with E-state index >= 15 is 0 Å². The van der Waals surface area contributed by atoms with Gasteiger partial charge in [-0.15, -0.1) is 11.3 Å². The van der Waals surface area contributed by atoms with Gasteiger partial charge in [0.1, 0.15) is 18.1 Å². The molecule has 0 unspecified atom stereocenters. The quantitative estimate of drug-likeness (QED) is 0.138. The Labute approximate surface area is 306 Å². The van der Waals surface area contributed by atoms with Crippen LogP contribution in [0.1, 0.15) is 29.5 Å². The number of halogens is 1. The smallest absolute Gasteiger partial charge is 0.414 e. The molecule has 0 aliphatic carbocycles. The van der Waals surface area contributed by atoms with Crippen molar-refractivity contribution in [2.24, 2.45) is 0 Å². The van der Waals surface area contributed by atoms with Crippen LogP contribution in [0.4, 0.5) is 0 Å². The highest BCUT2D eigenvalue weighted by Crippen LogP contribution is 2.41. The highest BCUT2D eigenvalue weighted by Gasteiger charge is 2.18. The minimum absolute atomic E-state index is 0.305. The van der Waals surface area contributed by atoms with Crippen LogP contribution in [0.3, 0.4) is 0 Å². The number of ether oxygens (including phenoxy) is 2. The Morgan fingerprint density at radius 3 is 2.00 bits per heavy atom. The molecular formula is C36H39BrN2O11S. The van der Waals surface area contributed by atoms with Gasteiger partial charge in [-0.3, -0.25) is 9.80 Å². The van der Waals surface area contributed by atoms with Crippen molar-refractivity contribution in [3.05, 3.63) is 81.8 Å². The van der Waals surface area contributed by atoms with E-state index < -0.39 is 23.9 Å². The van der Waals surface area contributed by atoms with E-state index in [1.54, 1.807) is 17.4 Å². The molecule has 2 fully saturated rings. The molecule has 272 valence electrons. The number of nitrogens with zero attached hydrogens (tertiary/aromatic N) is 2. The van der Waals surface area contributed by atoms with Gasteiger partial charge >= 0.3 is 23.9 Å². The molecule has 15 heteroatoms. The first-order chi connectivity index (χ1) is 24.4. The Hall–Kier alpha value is -4.54. The minimum Gasteiger partial charge on any atom is -0.508 e. The van der Waals surface area contributed by atoms with Crippen molar-refractivity contribution < 1.29 is 54.2 Å². The first-order valence-corrected chi connectivity index (χ1v) is 17.7. The average molecular weight is 788 g/mol. The third kappa shape index (κ3) is 12.0. The van der Waals surface area contributed by atoms with Gasteiger partial charge in [0.25, 0.3) is 0 Å². The standard InChI is InChI=1S/C32H35BrN2O3S.2C2H2O4/c33-30-20-23(3-4-25(30)22-35-11-1-2-12-35)19-29-28-10-7-26(36)21-31(28)39-32(29)24-5-8-27(9-6-24)38-18-15-34-13-16-37-17-14-34;2*3-1(4)2(5)6/h3-10,20-21,36H,1-2,11-19,22H2;2*(H,3,4)(H,5,6). The number of benzene rings is 3. The Morgan fingerprint density at radius 2 is 1.41 bits per heavy atom. The molecular weight excluding hydrogens is 748 g/mol. The molecule has 51 heavy (non-hydrogen) atoms. The zero-order chi connectivity index (χ0) is 36.9. The topological polar surface area (TPSA) is 194 Å². The number of phenols is 1. The first-order valence-electron chi connectivity index (χ1n) is 16.1. The number of aliphatic carboxylic acids is 4. The molecule has 3 heterocycles. The zero-order valence-corrected chi connectivity index (χ0v) is 30.0. The SMILES string of the molecule is O=C(O)C(=O)O.O=C(O)C(=O)O.Oc1ccc2c(Cc3ccc(CN4CCCC4)c(Br)c3)c(-c3ccc(OCCN4CCOCC4)cc3)sc2c1. The van der Waals surface area contributed by atoms with Crippen LogP contribution < -0.4 is 4.74 Å². The molecule has 2 aliphatic heterocycles. The molecule has 0 amide bonds. The number of carboxylic acid groups (broad SMARTS) is 4. The van der Waals surface area contributed by atoms with Crippen LogP contribution in [0.25, 0.3) is 20.5 Å². The molecule has 0 atom stereocenters. The van der Waals surface area contributed by atoms with Crippen LogP contribution >= 0.6 is 27.3 Å². The summed E-state index contributed by atoms with van der Waals surface area (Å²) in [6, 6.07) is 21.0. The highest BCUT2D eigenvalue weighted by molar-refractivity contribution is 9.10. The molecule has 4 aromatic rings. The lowest BCUT2D eigenvalue weighted by Crippen LogP contribution is -2.38. The third-order valence-electron chi connectivity index (χ3n) is 8.13. The lowest BCUT2D eigenvalue weighted by molar-refractivity contribution is -0.159. The van der Waals surface area contributed by atoms with Crippen molar-refractivity contribution in [1.82, 2.24) is 9.80 Å². The van der Waals surface area contributed by atoms with Crippen LogP contribution in [-0.2, 0) is 36.9 Å². The summed E-state index contributed by atoms with van der Waals surface area (Å²) in [4.78, 5) is 42.6. The van der Waals surface area contributed by atoms with E-state index in [-0.39, 0.29) is 0 Å². The summed E-state index contributed by atoms with van der Waals surface area (Å²) >= 11 is 5.60. The van der Waals surface area contributed by atoms with Crippen LogP contribution in [0, 0.1) is 0 Å². The summed E-state index contributed by atoms with van der Waals surface area (Å²) in [6.45, 7) is 8.57. The number of carboxylic acids is 4. The monoisotopic (exact) mass is 786 g/mol. The molecule has 0 bridgehead atoms. The van der Waals surface area contributed by atoms with Gasteiger partial charge in [0.05, 0.1) is 13.2 Å². The summed E-state index contributed by atoms with van der Waals surface area (Å²) in [5.41, 5.74) is 5.11. The number of phenolic OH excluding ortho intramolecular Hbond substituents is 1. The fraction of sp³-hybridized carbons (Fsp3) is 0.333. The molecule has 6 rings (SSSR count). The summed E-state index contributed by atoms with van der Waals surface area (Å²) < 4.78 is 13.8. The summed E-state index contributed by atoms with van der Waals surface area (Å²) in [5.74, 6) is -6.10. The molecule has 0 spiro atoms. The van der Waals surface area contributed by atoms with Gasteiger partial charge in [-0.25, -0.2) is 19.2 Å².